The zero-order valence-corrected chi connectivity index (χ0v) is 22.2. The second-order valence-electron chi connectivity index (χ2n) is 9.07. The van der Waals surface area contributed by atoms with Gasteiger partial charge in [-0.1, -0.05) is 25.1 Å². The number of thiophene rings is 1. The lowest BCUT2D eigenvalue weighted by atomic mass is 10.0. The van der Waals surface area contributed by atoms with Crippen LogP contribution in [0.5, 0.6) is 0 Å². The lowest BCUT2D eigenvalue weighted by molar-refractivity contribution is -0.0778. The van der Waals surface area contributed by atoms with Crippen LogP contribution in [0.25, 0.3) is 10.2 Å². The minimum atomic E-state index is -0.819. The molecule has 0 unspecified atom stereocenters. The van der Waals surface area contributed by atoms with Gasteiger partial charge in [-0.25, -0.2) is 9.86 Å². The highest BCUT2D eigenvalue weighted by atomic mass is 32.1. The zero-order chi connectivity index (χ0) is 26.9. The highest BCUT2D eigenvalue weighted by Crippen LogP contribution is 2.33. The number of rotatable bonds is 7. The van der Waals surface area contributed by atoms with E-state index in [2.05, 4.69) is 0 Å². The topological polar surface area (TPSA) is 132 Å². The Morgan fingerprint density at radius 3 is 2.54 bits per heavy atom. The first-order chi connectivity index (χ1) is 17.6. The summed E-state index contributed by atoms with van der Waals surface area (Å²) in [4.78, 5) is 51.1. The van der Waals surface area contributed by atoms with Gasteiger partial charge in [0.1, 0.15) is 17.5 Å². The number of hydrogen-bond acceptors (Lipinski definition) is 8. The summed E-state index contributed by atoms with van der Waals surface area (Å²) in [5.74, 6) is -0.539. The molecule has 1 aliphatic heterocycles. The van der Waals surface area contributed by atoms with Crippen LogP contribution in [0.1, 0.15) is 42.4 Å². The third-order valence-corrected chi connectivity index (χ3v) is 7.45. The number of aliphatic imine (C=N–C) groups is 1. The van der Waals surface area contributed by atoms with Gasteiger partial charge in [-0.2, -0.15) is 0 Å². The van der Waals surface area contributed by atoms with Gasteiger partial charge in [0.2, 0.25) is 0 Å². The maximum Gasteiger partial charge on any atom is 0.331 e. The van der Waals surface area contributed by atoms with Crippen LogP contribution in [-0.2, 0) is 24.9 Å². The Bertz CT molecular complexity index is 1510. The van der Waals surface area contributed by atoms with Crippen LogP contribution in [-0.4, -0.2) is 50.2 Å². The maximum atomic E-state index is 13.7. The monoisotopic (exact) mass is 525 g/mol. The van der Waals surface area contributed by atoms with Crippen molar-refractivity contribution < 1.29 is 14.7 Å². The van der Waals surface area contributed by atoms with Crippen LogP contribution in [0, 0.1) is 0 Å². The molecule has 1 saturated heterocycles. The normalized spacial score (nSPS) is 16.9. The summed E-state index contributed by atoms with van der Waals surface area (Å²) in [6.45, 7) is 5.91. The van der Waals surface area contributed by atoms with E-state index in [1.54, 1.807) is 6.92 Å². The summed E-state index contributed by atoms with van der Waals surface area (Å²) in [7, 11) is 1.41. The number of nitrogens with two attached hydrogens (primary N) is 1. The number of amides is 1. The van der Waals surface area contributed by atoms with Crippen molar-refractivity contribution in [1.29, 1.82) is 0 Å². The van der Waals surface area contributed by atoms with Crippen LogP contribution < -0.4 is 17.0 Å². The van der Waals surface area contributed by atoms with E-state index < -0.39 is 23.3 Å². The molecule has 3 heterocycles. The van der Waals surface area contributed by atoms with Crippen molar-refractivity contribution in [2.75, 3.05) is 13.2 Å². The van der Waals surface area contributed by atoms with Crippen molar-refractivity contribution in [3.8, 4) is 0 Å². The van der Waals surface area contributed by atoms with Crippen LogP contribution in [0.3, 0.4) is 0 Å². The van der Waals surface area contributed by atoms with Crippen LogP contribution in [0.15, 0.2) is 56.2 Å². The minimum absolute atomic E-state index is 0.0162. The van der Waals surface area contributed by atoms with Crippen molar-refractivity contribution in [1.82, 2.24) is 14.2 Å². The molecule has 0 saturated carbocycles. The third kappa shape index (κ3) is 5.15. The van der Waals surface area contributed by atoms with E-state index in [9.17, 15) is 19.5 Å². The van der Waals surface area contributed by atoms with Gasteiger partial charge in [0, 0.05) is 36.3 Å². The first kappa shape index (κ1) is 26.5. The quantitative estimate of drug-likeness (QED) is 0.456. The molecule has 10 nitrogen and oxygen atoms in total. The first-order valence-electron chi connectivity index (χ1n) is 12.1. The van der Waals surface area contributed by atoms with Gasteiger partial charge in [0.25, 0.3) is 11.5 Å². The predicted octanol–water partition coefficient (Wildman–Crippen LogP) is 2.49. The van der Waals surface area contributed by atoms with Gasteiger partial charge in [-0.3, -0.25) is 28.6 Å². The average molecular weight is 526 g/mol. The van der Waals surface area contributed by atoms with Gasteiger partial charge in [0.15, 0.2) is 0 Å². The fourth-order valence-electron chi connectivity index (χ4n) is 4.36. The zero-order valence-electron chi connectivity index (χ0n) is 21.4. The molecule has 2 aromatic heterocycles. The molecule has 3 aromatic rings. The van der Waals surface area contributed by atoms with E-state index in [0.29, 0.717) is 39.7 Å². The molecule has 196 valence electrons. The van der Waals surface area contributed by atoms with Crippen molar-refractivity contribution >= 4 is 38.9 Å². The minimum Gasteiger partial charge on any atom is -0.402 e. The number of carbonyl (C=O) groups is 1. The Kier molecular flexibility index (Phi) is 7.76. The SMILES string of the molecule is CCCn1c(=O)n(C)c(=O)c2c(C(=O)N3C[C@H](O)CO3)c(CC(C(C)=Nc3ccccc3)=C(C)N)sc21. The predicted molar refractivity (Wildman–Crippen MR) is 144 cm³/mol. The largest absolute Gasteiger partial charge is 0.402 e. The molecule has 37 heavy (non-hydrogen) atoms. The Balaban J connectivity index is 1.93. The second kappa shape index (κ2) is 10.8. The number of benzene rings is 1. The standard InChI is InChI=1S/C26H31N5O5S/c1-5-11-30-25-22(23(33)29(4)26(30)35)21(24(34)31-13-18(32)14-36-31)20(37-25)12-19(15(2)27)16(3)28-17-9-7-6-8-10-17/h6-10,18,32H,5,11-14,27H2,1-4H3/t18-/m0/s1. The Labute approximate surface area is 217 Å². The number of nitrogens with zero attached hydrogens (tertiary/aromatic N) is 4. The molecule has 3 N–H and O–H groups in total. The number of aliphatic hydroxyl groups excluding tert-OH is 1. The number of aliphatic hydroxyl groups is 1. The Morgan fingerprint density at radius 2 is 1.95 bits per heavy atom. The molecule has 0 radical (unpaired) electrons. The van der Waals surface area contributed by atoms with E-state index in [0.717, 1.165) is 15.3 Å². The van der Waals surface area contributed by atoms with Crippen molar-refractivity contribution in [3.05, 3.63) is 72.9 Å². The number of hydroxylamine groups is 2. The number of β-amino-alcohol motifs (C(OH)–C–C–N with tert-alkyl or cyclic N) is 1. The van der Waals surface area contributed by atoms with E-state index in [-0.39, 0.29) is 30.5 Å². The average Bonchev–Trinajstić information content (AvgIpc) is 3.47. The van der Waals surface area contributed by atoms with E-state index in [4.69, 9.17) is 15.6 Å². The van der Waals surface area contributed by atoms with E-state index >= 15 is 0 Å². The van der Waals surface area contributed by atoms with Gasteiger partial charge in [-0.05, 0) is 38.0 Å². The molecule has 1 atom stereocenters. The molecule has 1 fully saturated rings. The maximum absolute atomic E-state index is 13.7. The van der Waals surface area contributed by atoms with Crippen molar-refractivity contribution in [2.24, 2.45) is 17.8 Å². The molecule has 0 spiro atoms. The number of para-hydroxylation sites is 1. The second-order valence-corrected chi connectivity index (χ2v) is 10.1. The summed E-state index contributed by atoms with van der Waals surface area (Å²) in [6.07, 6.45) is 0.0756. The summed E-state index contributed by atoms with van der Waals surface area (Å²) in [5.41, 5.74) is 8.13. The smallest absolute Gasteiger partial charge is 0.331 e. The molecular weight excluding hydrogens is 494 g/mol. The molecule has 0 bridgehead atoms. The third-order valence-electron chi connectivity index (χ3n) is 6.23. The highest BCUT2D eigenvalue weighted by molar-refractivity contribution is 7.19. The fraction of sp³-hybridized carbons (Fsp3) is 0.385. The lowest BCUT2D eigenvalue weighted by Crippen LogP contribution is -2.38. The van der Waals surface area contributed by atoms with E-state index in [1.807, 2.05) is 44.2 Å². The Morgan fingerprint density at radius 1 is 1.24 bits per heavy atom. The van der Waals surface area contributed by atoms with E-state index in [1.165, 1.54) is 23.0 Å². The van der Waals surface area contributed by atoms with Gasteiger partial charge in [-0.15, -0.1) is 11.3 Å². The first-order valence-corrected chi connectivity index (χ1v) is 12.9. The molecule has 1 amide bonds. The number of allylic oxidation sites excluding steroid dienone is 2. The molecule has 1 aromatic carbocycles. The van der Waals surface area contributed by atoms with Crippen LogP contribution >= 0.6 is 11.3 Å². The summed E-state index contributed by atoms with van der Waals surface area (Å²) < 4.78 is 2.56. The molecule has 11 heteroatoms. The number of hydrogen-bond donors (Lipinski definition) is 2. The highest BCUT2D eigenvalue weighted by Gasteiger charge is 2.33. The van der Waals surface area contributed by atoms with Gasteiger partial charge >= 0.3 is 5.69 Å². The van der Waals surface area contributed by atoms with Crippen LogP contribution in [0.4, 0.5) is 5.69 Å². The molecule has 0 aliphatic carbocycles. The van der Waals surface area contributed by atoms with Gasteiger partial charge < -0.3 is 10.8 Å². The number of fused-ring (bicyclic) bond motifs is 1. The fourth-order valence-corrected chi connectivity index (χ4v) is 5.68. The molecular formula is C26H31N5O5S. The van der Waals surface area contributed by atoms with Crippen molar-refractivity contribution in [3.63, 3.8) is 0 Å². The van der Waals surface area contributed by atoms with Gasteiger partial charge in [0.05, 0.1) is 23.2 Å². The van der Waals surface area contributed by atoms with Crippen LogP contribution in [0.2, 0.25) is 0 Å². The van der Waals surface area contributed by atoms with Crippen molar-refractivity contribution in [2.45, 2.75) is 46.3 Å². The Hall–Kier alpha value is -3.54. The summed E-state index contributed by atoms with van der Waals surface area (Å²) in [6, 6.07) is 9.44. The number of carbonyl (C=O) groups excluding carboxylic acids is 1. The lowest BCUT2D eigenvalue weighted by Gasteiger charge is -2.16. The molecule has 1 aliphatic rings. The molecule has 4 rings (SSSR count). The summed E-state index contributed by atoms with van der Waals surface area (Å²) in [5, 5.41) is 11.2. The number of aromatic nitrogens is 2. The number of aryl methyl sites for hydroxylation is 1. The summed E-state index contributed by atoms with van der Waals surface area (Å²) >= 11 is 1.22.